The quantitative estimate of drug-likeness (QED) is 0.634. The van der Waals surface area contributed by atoms with E-state index in [0.29, 0.717) is 6.54 Å². The monoisotopic (exact) mass is 382 g/mol. The highest BCUT2D eigenvalue weighted by Gasteiger charge is 2.45. The number of aromatic nitrogens is 2. The van der Waals surface area contributed by atoms with Crippen molar-refractivity contribution in [2.24, 2.45) is 5.92 Å². The van der Waals surface area contributed by atoms with Crippen LogP contribution < -0.4 is 10.6 Å². The zero-order valence-electron chi connectivity index (χ0n) is 16.4. The summed E-state index contributed by atoms with van der Waals surface area (Å²) in [5, 5.41) is 35.0. The maximum atomic E-state index is 10.2. The molecule has 0 fully saturated rings. The Balaban J connectivity index is 1.76. The zero-order valence-corrected chi connectivity index (χ0v) is 16.4. The first kappa shape index (κ1) is 18.6. The lowest BCUT2D eigenvalue weighted by Gasteiger charge is -2.38. The lowest BCUT2D eigenvalue weighted by molar-refractivity contribution is 0.363. The van der Waals surface area contributed by atoms with Gasteiger partial charge in [-0.15, -0.1) is 0 Å². The number of benzene rings is 2. The van der Waals surface area contributed by atoms with Gasteiger partial charge in [-0.25, -0.2) is 0 Å². The Morgan fingerprint density at radius 2 is 1.97 bits per heavy atom. The maximum absolute atomic E-state index is 10.2. The van der Waals surface area contributed by atoms with Gasteiger partial charge in [0.25, 0.3) is 0 Å². The summed E-state index contributed by atoms with van der Waals surface area (Å²) in [6, 6.07) is 20.6. The molecule has 3 N–H and O–H groups in total. The second-order valence-corrected chi connectivity index (χ2v) is 7.52. The van der Waals surface area contributed by atoms with Crippen LogP contribution in [0.3, 0.4) is 0 Å². The first-order valence-electron chi connectivity index (χ1n) is 9.60. The molecule has 1 aromatic heterocycles. The van der Waals surface area contributed by atoms with Crippen molar-refractivity contribution in [2.75, 3.05) is 5.32 Å². The molecule has 1 aliphatic heterocycles. The second kappa shape index (κ2) is 7.33. The van der Waals surface area contributed by atoms with Crippen LogP contribution in [-0.4, -0.2) is 16.2 Å². The van der Waals surface area contributed by atoms with E-state index in [0.717, 1.165) is 33.5 Å². The molecule has 29 heavy (non-hydrogen) atoms. The summed E-state index contributed by atoms with van der Waals surface area (Å²) < 4.78 is 0. The third kappa shape index (κ3) is 3.19. The number of nitrogens with zero attached hydrogens (tertiary/aromatic N) is 3. The van der Waals surface area contributed by atoms with Crippen LogP contribution in [0.1, 0.15) is 25.0 Å². The van der Waals surface area contributed by atoms with E-state index in [9.17, 15) is 10.5 Å². The molecular weight excluding hydrogens is 360 g/mol. The Bertz CT molecular complexity index is 1150. The number of nitriles is 2. The number of hydrogen-bond acceptors (Lipinski definition) is 5. The Hall–Kier alpha value is -3.77. The summed E-state index contributed by atoms with van der Waals surface area (Å²) in [7, 11) is 0. The van der Waals surface area contributed by atoms with E-state index in [4.69, 9.17) is 0 Å². The fraction of sp³-hybridized carbons (Fsp3) is 0.261. The molecule has 6 nitrogen and oxygen atoms in total. The van der Waals surface area contributed by atoms with Crippen molar-refractivity contribution in [2.45, 2.75) is 31.8 Å². The van der Waals surface area contributed by atoms with Crippen LogP contribution in [0.4, 0.5) is 5.82 Å². The number of allylic oxidation sites excluding steroid dienone is 2. The normalized spacial score (nSPS) is 23.5. The molecule has 3 atom stereocenters. The van der Waals surface area contributed by atoms with E-state index in [1.807, 2.05) is 56.3 Å². The summed E-state index contributed by atoms with van der Waals surface area (Å²) in [4.78, 5) is 0. The predicted octanol–water partition coefficient (Wildman–Crippen LogP) is 3.97. The van der Waals surface area contributed by atoms with Crippen molar-refractivity contribution < 1.29 is 0 Å². The minimum Gasteiger partial charge on any atom is -0.385 e. The highest BCUT2D eigenvalue weighted by Crippen LogP contribution is 2.40. The van der Waals surface area contributed by atoms with Crippen molar-refractivity contribution in [3.63, 3.8) is 0 Å². The molecule has 6 heteroatoms. The molecule has 0 bridgehead atoms. The molecule has 2 heterocycles. The zero-order chi connectivity index (χ0) is 20.4. The van der Waals surface area contributed by atoms with Crippen LogP contribution in [-0.2, 0) is 12.0 Å². The topological polar surface area (TPSA) is 100 Å². The summed E-state index contributed by atoms with van der Waals surface area (Å²) in [6.45, 7) is 4.52. The molecule has 0 spiro atoms. The van der Waals surface area contributed by atoms with E-state index < -0.39 is 11.3 Å². The third-order valence-electron chi connectivity index (χ3n) is 5.56. The number of anilines is 1. The summed E-state index contributed by atoms with van der Waals surface area (Å²) in [5.74, 6) is 0.233. The van der Waals surface area contributed by atoms with E-state index in [1.165, 1.54) is 0 Å². The maximum Gasteiger partial charge on any atom is 0.156 e. The van der Waals surface area contributed by atoms with Gasteiger partial charge in [0.05, 0.1) is 23.6 Å². The number of H-pyrrole nitrogens is 1. The van der Waals surface area contributed by atoms with E-state index >= 15 is 0 Å². The van der Waals surface area contributed by atoms with Gasteiger partial charge in [0.1, 0.15) is 5.41 Å². The van der Waals surface area contributed by atoms with Crippen LogP contribution in [0.25, 0.3) is 10.9 Å². The molecule has 0 saturated heterocycles. The Morgan fingerprint density at radius 1 is 1.17 bits per heavy atom. The number of nitrogens with one attached hydrogen (secondary N) is 3. The molecule has 1 aliphatic rings. The van der Waals surface area contributed by atoms with Crippen LogP contribution in [0.2, 0.25) is 0 Å². The highest BCUT2D eigenvalue weighted by atomic mass is 15.2. The molecule has 0 radical (unpaired) electrons. The number of fused-ring (bicyclic) bond motifs is 1. The standard InChI is InChI=1S/C23H22N6/c1-15-11-23(14-25,20(12-24)16(2)27-15)18-8-9-21-19(10-18)22(29-28-21)26-13-17-6-4-3-5-7-17/h3-11,16,20,27H,13H2,1-2H3,(H2,26,28,29). The van der Waals surface area contributed by atoms with Gasteiger partial charge in [-0.05, 0) is 43.2 Å². The smallest absolute Gasteiger partial charge is 0.156 e. The van der Waals surface area contributed by atoms with E-state index in [2.05, 4.69) is 45.1 Å². The van der Waals surface area contributed by atoms with Crippen molar-refractivity contribution in [1.82, 2.24) is 15.5 Å². The summed E-state index contributed by atoms with van der Waals surface area (Å²) in [5.41, 5.74) is 2.74. The summed E-state index contributed by atoms with van der Waals surface area (Å²) in [6.07, 6.45) is 1.87. The lowest BCUT2D eigenvalue weighted by atomic mass is 9.67. The number of rotatable bonds is 4. The van der Waals surface area contributed by atoms with Crippen molar-refractivity contribution >= 4 is 16.7 Å². The van der Waals surface area contributed by atoms with Crippen LogP contribution in [0, 0.1) is 28.6 Å². The SMILES string of the molecule is CC1=CC(C#N)(c2ccc3[nH]nc(NCc4ccccc4)c3c2)C(C#N)C(C)N1. The fourth-order valence-corrected chi connectivity index (χ4v) is 4.14. The third-order valence-corrected chi connectivity index (χ3v) is 5.56. The van der Waals surface area contributed by atoms with Crippen molar-refractivity contribution in [1.29, 1.82) is 10.5 Å². The average molecular weight is 382 g/mol. The van der Waals surface area contributed by atoms with Gasteiger partial charge < -0.3 is 10.6 Å². The minimum atomic E-state index is -1.01. The lowest BCUT2D eigenvalue weighted by Crippen LogP contribution is -2.48. The minimum absolute atomic E-state index is 0.125. The average Bonchev–Trinajstić information content (AvgIpc) is 3.14. The number of hydrogen-bond donors (Lipinski definition) is 3. The van der Waals surface area contributed by atoms with Gasteiger partial charge in [-0.1, -0.05) is 36.4 Å². The van der Waals surface area contributed by atoms with Gasteiger partial charge in [0.2, 0.25) is 0 Å². The first-order chi connectivity index (χ1) is 14.1. The Kier molecular flexibility index (Phi) is 4.70. The first-order valence-corrected chi connectivity index (χ1v) is 9.60. The van der Waals surface area contributed by atoms with Gasteiger partial charge in [0.15, 0.2) is 5.82 Å². The molecule has 3 unspecified atom stereocenters. The molecular formula is C23H22N6. The van der Waals surface area contributed by atoms with Gasteiger partial charge >= 0.3 is 0 Å². The Morgan fingerprint density at radius 3 is 2.69 bits per heavy atom. The highest BCUT2D eigenvalue weighted by molar-refractivity contribution is 5.90. The molecule has 2 aromatic carbocycles. The molecule has 4 rings (SSSR count). The van der Waals surface area contributed by atoms with E-state index in [1.54, 1.807) is 0 Å². The molecule has 144 valence electrons. The molecule has 3 aromatic rings. The Labute approximate surface area is 169 Å². The van der Waals surface area contributed by atoms with Gasteiger partial charge in [-0.2, -0.15) is 15.6 Å². The van der Waals surface area contributed by atoms with Crippen LogP contribution >= 0.6 is 0 Å². The van der Waals surface area contributed by atoms with E-state index in [-0.39, 0.29) is 6.04 Å². The number of aromatic amines is 1. The van der Waals surface area contributed by atoms with Crippen molar-refractivity contribution in [3.05, 3.63) is 71.4 Å². The second-order valence-electron chi connectivity index (χ2n) is 7.52. The predicted molar refractivity (Wildman–Crippen MR) is 113 cm³/mol. The van der Waals surface area contributed by atoms with Crippen LogP contribution in [0.15, 0.2) is 60.3 Å². The van der Waals surface area contributed by atoms with Crippen LogP contribution in [0.5, 0.6) is 0 Å². The van der Waals surface area contributed by atoms with Gasteiger partial charge in [-0.3, -0.25) is 5.10 Å². The fourth-order valence-electron chi connectivity index (χ4n) is 4.14. The van der Waals surface area contributed by atoms with Gasteiger partial charge in [0, 0.05) is 23.7 Å². The molecule has 0 saturated carbocycles. The molecule has 0 amide bonds. The van der Waals surface area contributed by atoms with Crippen molar-refractivity contribution in [3.8, 4) is 12.1 Å². The molecule has 0 aliphatic carbocycles. The largest absolute Gasteiger partial charge is 0.385 e. The summed E-state index contributed by atoms with van der Waals surface area (Å²) >= 11 is 0.